The molecule has 0 unspecified atom stereocenters. The molecule has 0 amide bonds. The van der Waals surface area contributed by atoms with Crippen LogP contribution in [0.25, 0.3) is 11.0 Å². The van der Waals surface area contributed by atoms with Crippen molar-refractivity contribution >= 4 is 11.0 Å². The normalized spacial score (nSPS) is 22.2. The number of aromatic nitrogens is 2. The van der Waals surface area contributed by atoms with E-state index in [1.807, 2.05) is 0 Å². The number of benzene rings is 1. The standard InChI is InChI=1S/C17H23N3/c18-12-17(10-4-1-5-11-17)16-19-14-6-2-3-7-15(14)20(16)13-8-9-13/h2-3,6-7,13H,1,4-5,8-12,18H2. The minimum absolute atomic E-state index is 0.125. The van der Waals surface area contributed by atoms with Gasteiger partial charge in [0.1, 0.15) is 5.82 Å². The molecule has 4 rings (SSSR count). The van der Waals surface area contributed by atoms with Gasteiger partial charge in [0.15, 0.2) is 0 Å². The molecule has 2 aliphatic rings. The first kappa shape index (κ1) is 12.4. The summed E-state index contributed by atoms with van der Waals surface area (Å²) in [6.07, 6.45) is 8.96. The van der Waals surface area contributed by atoms with Crippen LogP contribution in [0.1, 0.15) is 56.8 Å². The van der Waals surface area contributed by atoms with E-state index in [-0.39, 0.29) is 5.41 Å². The predicted molar refractivity (Wildman–Crippen MR) is 81.8 cm³/mol. The second-order valence-corrected chi connectivity index (χ2v) is 6.57. The van der Waals surface area contributed by atoms with Gasteiger partial charge in [0, 0.05) is 18.0 Å². The van der Waals surface area contributed by atoms with Gasteiger partial charge >= 0.3 is 0 Å². The highest BCUT2D eigenvalue weighted by Crippen LogP contribution is 2.45. The largest absolute Gasteiger partial charge is 0.329 e. The molecule has 2 saturated carbocycles. The van der Waals surface area contributed by atoms with E-state index in [0.717, 1.165) is 12.1 Å². The Labute approximate surface area is 120 Å². The highest BCUT2D eigenvalue weighted by Gasteiger charge is 2.40. The molecular weight excluding hydrogens is 246 g/mol. The molecule has 0 spiro atoms. The molecule has 0 bridgehead atoms. The summed E-state index contributed by atoms with van der Waals surface area (Å²) in [5.41, 5.74) is 8.81. The van der Waals surface area contributed by atoms with Crippen molar-refractivity contribution in [2.45, 2.75) is 56.4 Å². The highest BCUT2D eigenvalue weighted by atomic mass is 15.1. The van der Waals surface area contributed by atoms with Gasteiger partial charge in [-0.2, -0.15) is 0 Å². The number of para-hydroxylation sites is 2. The minimum Gasteiger partial charge on any atom is -0.329 e. The van der Waals surface area contributed by atoms with Crippen molar-refractivity contribution in [1.29, 1.82) is 0 Å². The summed E-state index contributed by atoms with van der Waals surface area (Å²) in [6, 6.07) is 9.25. The molecule has 1 heterocycles. The molecule has 0 radical (unpaired) electrons. The molecule has 0 aliphatic heterocycles. The van der Waals surface area contributed by atoms with Crippen LogP contribution in [-0.4, -0.2) is 16.1 Å². The molecule has 2 aromatic rings. The summed E-state index contributed by atoms with van der Waals surface area (Å²) in [5, 5.41) is 0. The summed E-state index contributed by atoms with van der Waals surface area (Å²) < 4.78 is 2.52. The van der Waals surface area contributed by atoms with E-state index in [2.05, 4.69) is 28.8 Å². The fourth-order valence-electron chi connectivity index (χ4n) is 3.87. The van der Waals surface area contributed by atoms with Crippen molar-refractivity contribution in [3.05, 3.63) is 30.1 Å². The molecule has 1 aromatic carbocycles. The number of fused-ring (bicyclic) bond motifs is 1. The average molecular weight is 269 g/mol. The zero-order chi connectivity index (χ0) is 13.6. The van der Waals surface area contributed by atoms with Gasteiger partial charge in [-0.3, -0.25) is 0 Å². The van der Waals surface area contributed by atoms with E-state index in [0.29, 0.717) is 6.04 Å². The first-order chi connectivity index (χ1) is 9.84. The van der Waals surface area contributed by atoms with Gasteiger partial charge in [-0.05, 0) is 37.8 Å². The second kappa shape index (κ2) is 4.59. The second-order valence-electron chi connectivity index (χ2n) is 6.57. The van der Waals surface area contributed by atoms with E-state index in [9.17, 15) is 0 Å². The molecular formula is C17H23N3. The molecule has 20 heavy (non-hydrogen) atoms. The lowest BCUT2D eigenvalue weighted by Crippen LogP contribution is -2.39. The molecule has 0 saturated heterocycles. The third-order valence-electron chi connectivity index (χ3n) is 5.18. The van der Waals surface area contributed by atoms with Crippen LogP contribution in [0.5, 0.6) is 0 Å². The molecule has 3 nitrogen and oxygen atoms in total. The number of rotatable bonds is 3. The molecule has 1 aromatic heterocycles. The van der Waals surface area contributed by atoms with Gasteiger partial charge in [0.25, 0.3) is 0 Å². The van der Waals surface area contributed by atoms with Crippen molar-refractivity contribution in [1.82, 2.24) is 9.55 Å². The number of nitrogens with zero attached hydrogens (tertiary/aromatic N) is 2. The number of nitrogens with two attached hydrogens (primary N) is 1. The first-order valence-corrected chi connectivity index (χ1v) is 8.02. The van der Waals surface area contributed by atoms with Gasteiger partial charge in [-0.25, -0.2) is 4.98 Å². The third-order valence-corrected chi connectivity index (χ3v) is 5.18. The molecule has 2 N–H and O–H groups in total. The average Bonchev–Trinajstić information content (AvgIpc) is 3.27. The summed E-state index contributed by atoms with van der Waals surface area (Å²) in [7, 11) is 0. The van der Waals surface area contributed by atoms with E-state index in [1.54, 1.807) is 0 Å². The lowest BCUT2D eigenvalue weighted by atomic mass is 9.73. The van der Waals surface area contributed by atoms with Gasteiger partial charge in [0.05, 0.1) is 11.0 Å². The first-order valence-electron chi connectivity index (χ1n) is 8.02. The van der Waals surface area contributed by atoms with Crippen molar-refractivity contribution < 1.29 is 0 Å². The lowest BCUT2D eigenvalue weighted by Gasteiger charge is -2.36. The Balaban J connectivity index is 1.91. The molecule has 106 valence electrons. The van der Waals surface area contributed by atoms with Crippen molar-refractivity contribution in [3.8, 4) is 0 Å². The SMILES string of the molecule is NCC1(c2nc3ccccc3n2C2CC2)CCCCC1. The fraction of sp³-hybridized carbons (Fsp3) is 0.588. The van der Waals surface area contributed by atoms with Gasteiger partial charge in [-0.15, -0.1) is 0 Å². The molecule has 2 fully saturated rings. The Bertz CT molecular complexity index is 618. The topological polar surface area (TPSA) is 43.8 Å². The lowest BCUT2D eigenvalue weighted by molar-refractivity contribution is 0.278. The Morgan fingerprint density at radius 1 is 1.15 bits per heavy atom. The van der Waals surface area contributed by atoms with E-state index in [4.69, 9.17) is 10.7 Å². The van der Waals surface area contributed by atoms with Gasteiger partial charge in [-0.1, -0.05) is 31.4 Å². The van der Waals surface area contributed by atoms with Gasteiger partial charge < -0.3 is 10.3 Å². The van der Waals surface area contributed by atoms with Crippen LogP contribution in [0.4, 0.5) is 0 Å². The maximum absolute atomic E-state index is 6.23. The molecule has 0 atom stereocenters. The van der Waals surface area contributed by atoms with Crippen LogP contribution in [0.2, 0.25) is 0 Å². The van der Waals surface area contributed by atoms with E-state index in [1.165, 1.54) is 56.3 Å². The number of imidazole rings is 1. The van der Waals surface area contributed by atoms with Crippen LogP contribution in [0, 0.1) is 0 Å². The summed E-state index contributed by atoms with van der Waals surface area (Å²) in [5.74, 6) is 1.28. The zero-order valence-corrected chi connectivity index (χ0v) is 12.0. The minimum atomic E-state index is 0.125. The summed E-state index contributed by atoms with van der Waals surface area (Å²) in [6.45, 7) is 0.739. The van der Waals surface area contributed by atoms with Crippen LogP contribution in [-0.2, 0) is 5.41 Å². The summed E-state index contributed by atoms with van der Waals surface area (Å²) >= 11 is 0. The van der Waals surface area contributed by atoms with Crippen LogP contribution in [0.15, 0.2) is 24.3 Å². The van der Waals surface area contributed by atoms with Crippen LogP contribution >= 0.6 is 0 Å². The van der Waals surface area contributed by atoms with Crippen molar-refractivity contribution in [2.75, 3.05) is 6.54 Å². The van der Waals surface area contributed by atoms with E-state index < -0.39 is 0 Å². The van der Waals surface area contributed by atoms with Crippen molar-refractivity contribution in [2.24, 2.45) is 5.73 Å². The Kier molecular flexibility index (Phi) is 2.84. The fourth-order valence-corrected chi connectivity index (χ4v) is 3.87. The maximum Gasteiger partial charge on any atom is 0.117 e. The predicted octanol–water partition coefficient (Wildman–Crippen LogP) is 3.53. The maximum atomic E-state index is 6.23. The van der Waals surface area contributed by atoms with Crippen molar-refractivity contribution in [3.63, 3.8) is 0 Å². The van der Waals surface area contributed by atoms with Crippen LogP contribution < -0.4 is 5.73 Å². The quantitative estimate of drug-likeness (QED) is 0.926. The Morgan fingerprint density at radius 3 is 2.60 bits per heavy atom. The van der Waals surface area contributed by atoms with Gasteiger partial charge in [0.2, 0.25) is 0 Å². The smallest absolute Gasteiger partial charge is 0.117 e. The van der Waals surface area contributed by atoms with E-state index >= 15 is 0 Å². The third kappa shape index (κ3) is 1.80. The zero-order valence-electron chi connectivity index (χ0n) is 12.0. The molecule has 2 aliphatic carbocycles. The monoisotopic (exact) mass is 269 g/mol. The molecule has 3 heteroatoms. The number of hydrogen-bond acceptors (Lipinski definition) is 2. The summed E-state index contributed by atoms with van der Waals surface area (Å²) in [4.78, 5) is 5.02. The number of hydrogen-bond donors (Lipinski definition) is 1. The highest BCUT2D eigenvalue weighted by molar-refractivity contribution is 5.76. The Hall–Kier alpha value is -1.35. The Morgan fingerprint density at radius 2 is 1.90 bits per heavy atom. The van der Waals surface area contributed by atoms with Crippen LogP contribution in [0.3, 0.4) is 0 Å².